The van der Waals surface area contributed by atoms with E-state index in [1.165, 1.54) is 15.7 Å². The fraction of sp³-hybridized carbons (Fsp3) is 0.256. The van der Waals surface area contributed by atoms with Crippen molar-refractivity contribution in [2.45, 2.75) is 36.5 Å². The van der Waals surface area contributed by atoms with Gasteiger partial charge in [0, 0.05) is 17.3 Å². The summed E-state index contributed by atoms with van der Waals surface area (Å²) in [6.45, 7) is 1.36. The van der Waals surface area contributed by atoms with Gasteiger partial charge in [-0.25, -0.2) is 4.79 Å². The van der Waals surface area contributed by atoms with Crippen molar-refractivity contribution in [3.63, 3.8) is 0 Å². The summed E-state index contributed by atoms with van der Waals surface area (Å²) >= 11 is 0. The van der Waals surface area contributed by atoms with Crippen LogP contribution in [0.15, 0.2) is 125 Å². The zero-order chi connectivity index (χ0) is 35.0. The van der Waals surface area contributed by atoms with E-state index in [0.717, 1.165) is 16.7 Å². The van der Waals surface area contributed by atoms with Crippen molar-refractivity contribution in [1.29, 1.82) is 0 Å². The van der Waals surface area contributed by atoms with Gasteiger partial charge in [-0.15, -0.1) is 0 Å². The molecular formula is C39H37N3O8. The van der Waals surface area contributed by atoms with Crippen LogP contribution in [0.2, 0.25) is 0 Å². The number of aliphatic hydroxyl groups is 1. The predicted molar refractivity (Wildman–Crippen MR) is 184 cm³/mol. The van der Waals surface area contributed by atoms with Gasteiger partial charge >= 0.3 is 5.69 Å². The molecule has 0 radical (unpaired) electrons. The third-order valence-electron chi connectivity index (χ3n) is 9.72. The van der Waals surface area contributed by atoms with E-state index >= 15 is 0 Å². The first-order valence-electron chi connectivity index (χ1n) is 16.2. The molecule has 2 saturated heterocycles. The summed E-state index contributed by atoms with van der Waals surface area (Å²) in [6.07, 6.45) is -0.993. The van der Waals surface area contributed by atoms with E-state index in [9.17, 15) is 19.5 Å². The molecule has 1 amide bonds. The second kappa shape index (κ2) is 13.1. The lowest BCUT2D eigenvalue weighted by Crippen LogP contribution is -2.53. The Hall–Kier alpha value is -5.49. The molecule has 2 aliphatic rings. The summed E-state index contributed by atoms with van der Waals surface area (Å²) in [5.41, 5.74) is -0.921. The maximum Gasteiger partial charge on any atom is 0.330 e. The molecule has 2 bridgehead atoms. The Bertz CT molecular complexity index is 2050. The number of rotatable bonds is 10. The molecule has 4 aromatic carbocycles. The number of nitrogens with one attached hydrogen (secondary N) is 1. The van der Waals surface area contributed by atoms with Gasteiger partial charge in [-0.2, -0.15) is 0 Å². The number of aryl methyl sites for hydroxylation is 1. The lowest BCUT2D eigenvalue weighted by atomic mass is 9.79. The molecule has 0 spiro atoms. The second-order valence-corrected chi connectivity index (χ2v) is 12.6. The number of methoxy groups -OCH3 is 2. The smallest absolute Gasteiger partial charge is 0.330 e. The van der Waals surface area contributed by atoms with Crippen molar-refractivity contribution in [1.82, 2.24) is 14.5 Å². The van der Waals surface area contributed by atoms with Gasteiger partial charge in [0.15, 0.2) is 6.23 Å². The Morgan fingerprint density at radius 3 is 1.96 bits per heavy atom. The summed E-state index contributed by atoms with van der Waals surface area (Å²) in [4.78, 5) is 43.4. The van der Waals surface area contributed by atoms with Crippen molar-refractivity contribution < 1.29 is 28.8 Å². The number of hydrogen-bond donors (Lipinski definition) is 2. The van der Waals surface area contributed by atoms with Gasteiger partial charge in [0.25, 0.3) is 11.5 Å². The second-order valence-electron chi connectivity index (χ2n) is 12.6. The van der Waals surface area contributed by atoms with Crippen LogP contribution in [-0.2, 0) is 15.1 Å². The number of H-pyrrole nitrogens is 1. The summed E-state index contributed by atoms with van der Waals surface area (Å²) in [5.74, 6) is 0.993. The molecule has 0 aliphatic carbocycles. The topological polar surface area (TPSA) is 132 Å². The molecule has 0 saturated carbocycles. The number of carbonyl (C=O) groups is 1. The van der Waals surface area contributed by atoms with Crippen LogP contribution in [0.1, 0.15) is 38.8 Å². The largest absolute Gasteiger partial charge is 0.497 e. The zero-order valence-corrected chi connectivity index (χ0v) is 27.8. The standard InChI is InChI=1S/C39H37N3O8/c1-25-22-41(37(46)40-34(25)44)36-32-33(43)38(50-36,23-42(32)35(45)26-10-6-4-7-11-26)24-49-39(27-12-8-5-9-13-27,28-14-18-30(47-2)19-15-28)29-16-20-31(48-3)21-17-29/h4-22,32-33,36,43H,23-24H2,1-3H3,(H,40,44,46)/t32-,33+,36-,38-/m1/s1. The summed E-state index contributed by atoms with van der Waals surface area (Å²) in [7, 11) is 3.20. The first-order valence-corrected chi connectivity index (χ1v) is 16.2. The predicted octanol–water partition coefficient (Wildman–Crippen LogP) is 4.02. The first-order chi connectivity index (χ1) is 24.2. The number of morpholine rings is 1. The van der Waals surface area contributed by atoms with Gasteiger partial charge in [-0.05, 0) is 60.0 Å². The average Bonchev–Trinajstić information content (AvgIpc) is 3.60. The lowest BCUT2D eigenvalue weighted by molar-refractivity contribution is -0.174. The van der Waals surface area contributed by atoms with E-state index in [1.807, 2.05) is 84.9 Å². The quantitative estimate of drug-likeness (QED) is 0.212. The minimum atomic E-state index is -1.47. The number of nitrogens with zero attached hydrogens (tertiary/aromatic N) is 2. The molecule has 2 aliphatic heterocycles. The van der Waals surface area contributed by atoms with Crippen molar-refractivity contribution in [2.24, 2.45) is 0 Å². The Kier molecular flexibility index (Phi) is 8.65. The highest BCUT2D eigenvalue weighted by Crippen LogP contribution is 2.49. The molecular weight excluding hydrogens is 638 g/mol. The van der Waals surface area contributed by atoms with E-state index in [1.54, 1.807) is 45.4 Å². The number of aliphatic hydroxyl groups excluding tert-OH is 1. The molecule has 11 heteroatoms. The van der Waals surface area contributed by atoms with Gasteiger partial charge in [0.05, 0.1) is 27.4 Å². The molecule has 256 valence electrons. The Morgan fingerprint density at radius 1 is 0.860 bits per heavy atom. The summed E-state index contributed by atoms with van der Waals surface area (Å²) < 4.78 is 26.0. The van der Waals surface area contributed by atoms with E-state index < -0.39 is 40.8 Å². The van der Waals surface area contributed by atoms with Crippen LogP contribution in [0.25, 0.3) is 0 Å². The summed E-state index contributed by atoms with van der Waals surface area (Å²) in [5, 5.41) is 12.1. The maximum atomic E-state index is 14.0. The molecule has 4 atom stereocenters. The minimum Gasteiger partial charge on any atom is -0.497 e. The maximum absolute atomic E-state index is 14.0. The van der Waals surface area contributed by atoms with Crippen LogP contribution in [0.4, 0.5) is 0 Å². The SMILES string of the molecule is COc1ccc(C(OC[C@@]23CN(C(=O)c4ccccc4)[C@@H]([C@H](n4cc(C)c(=O)[nH]c4=O)O2)[C@@H]3O)(c2ccccc2)c2ccc(OC)cc2)cc1. The normalized spacial score (nSPS) is 21.3. The van der Waals surface area contributed by atoms with Crippen LogP contribution in [0.3, 0.4) is 0 Å². The first kappa shape index (κ1) is 33.0. The van der Waals surface area contributed by atoms with Crippen LogP contribution in [0, 0.1) is 6.92 Å². The lowest BCUT2D eigenvalue weighted by Gasteiger charge is -2.41. The van der Waals surface area contributed by atoms with Crippen LogP contribution >= 0.6 is 0 Å². The highest BCUT2D eigenvalue weighted by Gasteiger charge is 2.66. The minimum absolute atomic E-state index is 0.0176. The number of fused-ring (bicyclic) bond motifs is 2. The number of aromatic amines is 1. The monoisotopic (exact) mass is 675 g/mol. The third-order valence-corrected chi connectivity index (χ3v) is 9.72. The van der Waals surface area contributed by atoms with Crippen molar-refractivity contribution in [2.75, 3.05) is 27.4 Å². The molecule has 7 rings (SSSR count). The van der Waals surface area contributed by atoms with Gasteiger partial charge in [0.2, 0.25) is 0 Å². The molecule has 2 fully saturated rings. The van der Waals surface area contributed by atoms with Gasteiger partial charge in [-0.1, -0.05) is 72.8 Å². The molecule has 50 heavy (non-hydrogen) atoms. The summed E-state index contributed by atoms with van der Waals surface area (Å²) in [6, 6.07) is 32.6. The Morgan fingerprint density at radius 2 is 1.40 bits per heavy atom. The van der Waals surface area contributed by atoms with E-state index in [-0.39, 0.29) is 24.6 Å². The van der Waals surface area contributed by atoms with Crippen molar-refractivity contribution >= 4 is 5.91 Å². The number of carbonyl (C=O) groups excluding carboxylic acids is 1. The van der Waals surface area contributed by atoms with Crippen molar-refractivity contribution in [3.8, 4) is 11.5 Å². The molecule has 1 aromatic heterocycles. The number of aromatic nitrogens is 2. The highest BCUT2D eigenvalue weighted by atomic mass is 16.6. The van der Waals surface area contributed by atoms with Crippen molar-refractivity contribution in [3.05, 3.63) is 164 Å². The van der Waals surface area contributed by atoms with Crippen LogP contribution in [-0.4, -0.2) is 70.6 Å². The van der Waals surface area contributed by atoms with Crippen LogP contribution < -0.4 is 20.7 Å². The van der Waals surface area contributed by atoms with E-state index in [4.69, 9.17) is 18.9 Å². The molecule has 2 N–H and O–H groups in total. The average molecular weight is 676 g/mol. The number of amides is 1. The Balaban J connectivity index is 1.36. The van der Waals surface area contributed by atoms with E-state index in [2.05, 4.69) is 4.98 Å². The number of ether oxygens (including phenoxy) is 4. The van der Waals surface area contributed by atoms with Gasteiger partial charge < -0.3 is 29.0 Å². The van der Waals surface area contributed by atoms with Gasteiger partial charge in [0.1, 0.15) is 34.8 Å². The number of likely N-dealkylation sites (tertiary alicyclic amines) is 1. The third kappa shape index (κ3) is 5.49. The highest BCUT2D eigenvalue weighted by molar-refractivity contribution is 5.95. The number of hydrogen-bond acceptors (Lipinski definition) is 8. The molecule has 5 aromatic rings. The fourth-order valence-electron chi connectivity index (χ4n) is 7.12. The Labute approximate surface area is 288 Å². The number of benzene rings is 4. The fourth-order valence-corrected chi connectivity index (χ4v) is 7.12. The molecule has 3 heterocycles. The van der Waals surface area contributed by atoms with Gasteiger partial charge in [-0.3, -0.25) is 19.1 Å². The molecule has 0 unspecified atom stereocenters. The zero-order valence-electron chi connectivity index (χ0n) is 27.8. The van der Waals surface area contributed by atoms with E-state index in [0.29, 0.717) is 17.1 Å². The molecule has 11 nitrogen and oxygen atoms in total. The van der Waals surface area contributed by atoms with Crippen LogP contribution in [0.5, 0.6) is 11.5 Å².